The van der Waals surface area contributed by atoms with E-state index in [0.29, 0.717) is 12.5 Å². The topological polar surface area (TPSA) is 9.23 Å². The SMILES string of the molecule is C=C(CC(=C)C(C)CC)OCC. The molecule has 0 saturated carbocycles. The van der Waals surface area contributed by atoms with Gasteiger partial charge in [-0.1, -0.05) is 32.6 Å². The highest BCUT2D eigenvalue weighted by atomic mass is 16.5. The molecule has 0 aromatic rings. The third kappa shape index (κ3) is 4.22. The molecule has 0 fully saturated rings. The molecule has 0 amide bonds. The van der Waals surface area contributed by atoms with Crippen molar-refractivity contribution in [3.05, 3.63) is 24.5 Å². The molecule has 0 spiro atoms. The lowest BCUT2D eigenvalue weighted by Crippen LogP contribution is -1.99. The minimum Gasteiger partial charge on any atom is -0.499 e. The third-order valence-corrected chi connectivity index (χ3v) is 2.08. The maximum Gasteiger partial charge on any atom is 0.0928 e. The molecule has 1 nitrogen and oxygen atoms in total. The monoisotopic (exact) mass is 168 g/mol. The lowest BCUT2D eigenvalue weighted by molar-refractivity contribution is 0.223. The highest BCUT2D eigenvalue weighted by molar-refractivity contribution is 5.07. The molecule has 1 heteroatoms. The summed E-state index contributed by atoms with van der Waals surface area (Å²) in [6.07, 6.45) is 1.95. The van der Waals surface area contributed by atoms with Crippen LogP contribution in [0.15, 0.2) is 24.5 Å². The smallest absolute Gasteiger partial charge is 0.0928 e. The predicted molar refractivity (Wildman–Crippen MR) is 54.0 cm³/mol. The van der Waals surface area contributed by atoms with Crippen molar-refractivity contribution in [3.63, 3.8) is 0 Å². The summed E-state index contributed by atoms with van der Waals surface area (Å²) in [5.41, 5.74) is 1.22. The lowest BCUT2D eigenvalue weighted by Gasteiger charge is -2.13. The van der Waals surface area contributed by atoms with Crippen molar-refractivity contribution in [2.24, 2.45) is 5.92 Å². The fraction of sp³-hybridized carbons (Fsp3) is 0.636. The second-order valence-electron chi connectivity index (χ2n) is 3.12. The van der Waals surface area contributed by atoms with Crippen LogP contribution in [0.1, 0.15) is 33.6 Å². The Morgan fingerprint density at radius 1 is 1.33 bits per heavy atom. The molecule has 0 aromatic heterocycles. The standard InChI is InChI=1S/C11H20O/c1-6-9(3)10(4)8-11(5)12-7-2/h9H,4-8H2,1-3H3. The van der Waals surface area contributed by atoms with Gasteiger partial charge in [-0.05, 0) is 19.3 Å². The summed E-state index contributed by atoms with van der Waals surface area (Å²) in [6.45, 7) is 14.8. The molecule has 0 aromatic carbocycles. The van der Waals surface area contributed by atoms with E-state index in [1.165, 1.54) is 5.57 Å². The van der Waals surface area contributed by atoms with Crippen LogP contribution in [0.25, 0.3) is 0 Å². The van der Waals surface area contributed by atoms with Crippen LogP contribution in [0.3, 0.4) is 0 Å². The summed E-state index contributed by atoms with van der Waals surface area (Å²) in [6, 6.07) is 0. The molecule has 0 bridgehead atoms. The van der Waals surface area contributed by atoms with E-state index in [4.69, 9.17) is 4.74 Å². The molecule has 0 heterocycles. The number of hydrogen-bond acceptors (Lipinski definition) is 1. The van der Waals surface area contributed by atoms with Crippen molar-refractivity contribution in [1.29, 1.82) is 0 Å². The van der Waals surface area contributed by atoms with Crippen molar-refractivity contribution < 1.29 is 4.74 Å². The van der Waals surface area contributed by atoms with E-state index >= 15 is 0 Å². The summed E-state index contributed by atoms with van der Waals surface area (Å²) in [4.78, 5) is 0. The van der Waals surface area contributed by atoms with Crippen LogP contribution in [0.2, 0.25) is 0 Å². The fourth-order valence-corrected chi connectivity index (χ4v) is 0.971. The molecule has 0 aliphatic carbocycles. The van der Waals surface area contributed by atoms with Crippen LogP contribution < -0.4 is 0 Å². The first-order valence-electron chi connectivity index (χ1n) is 4.60. The van der Waals surface area contributed by atoms with Gasteiger partial charge in [0.1, 0.15) is 0 Å². The van der Waals surface area contributed by atoms with E-state index in [2.05, 4.69) is 27.0 Å². The molecular weight excluding hydrogens is 148 g/mol. The summed E-state index contributed by atoms with van der Waals surface area (Å²) in [7, 11) is 0. The molecule has 0 aliphatic heterocycles. The van der Waals surface area contributed by atoms with Crippen molar-refractivity contribution in [1.82, 2.24) is 0 Å². The maximum absolute atomic E-state index is 5.25. The second-order valence-corrected chi connectivity index (χ2v) is 3.12. The molecule has 70 valence electrons. The average molecular weight is 168 g/mol. The largest absolute Gasteiger partial charge is 0.499 e. The Bertz CT molecular complexity index is 158. The number of allylic oxidation sites excluding steroid dienone is 1. The van der Waals surface area contributed by atoms with Crippen LogP contribution in [-0.2, 0) is 4.74 Å². The number of hydrogen-bond donors (Lipinski definition) is 0. The van der Waals surface area contributed by atoms with Gasteiger partial charge in [-0.25, -0.2) is 0 Å². The van der Waals surface area contributed by atoms with Gasteiger partial charge >= 0.3 is 0 Å². The highest BCUT2D eigenvalue weighted by Gasteiger charge is 2.05. The van der Waals surface area contributed by atoms with Crippen LogP contribution in [0.5, 0.6) is 0 Å². The molecule has 0 N–H and O–H groups in total. The number of ether oxygens (including phenoxy) is 1. The Morgan fingerprint density at radius 3 is 2.33 bits per heavy atom. The Morgan fingerprint density at radius 2 is 1.92 bits per heavy atom. The van der Waals surface area contributed by atoms with Crippen LogP contribution >= 0.6 is 0 Å². The van der Waals surface area contributed by atoms with Crippen molar-refractivity contribution in [2.75, 3.05) is 6.61 Å². The van der Waals surface area contributed by atoms with Gasteiger partial charge in [0.15, 0.2) is 0 Å². The summed E-state index contributed by atoms with van der Waals surface area (Å²) in [5, 5.41) is 0. The summed E-state index contributed by atoms with van der Waals surface area (Å²) in [5.74, 6) is 1.41. The minimum atomic E-state index is 0.571. The average Bonchev–Trinajstić information content (AvgIpc) is 2.03. The molecule has 12 heavy (non-hydrogen) atoms. The van der Waals surface area contributed by atoms with Crippen LogP contribution in [-0.4, -0.2) is 6.61 Å². The van der Waals surface area contributed by atoms with Gasteiger partial charge in [0.2, 0.25) is 0 Å². The predicted octanol–water partition coefficient (Wildman–Crippen LogP) is 3.53. The van der Waals surface area contributed by atoms with Gasteiger partial charge in [-0.3, -0.25) is 0 Å². The summed E-state index contributed by atoms with van der Waals surface area (Å²) >= 11 is 0. The van der Waals surface area contributed by atoms with Gasteiger partial charge in [-0.2, -0.15) is 0 Å². The zero-order chi connectivity index (χ0) is 9.56. The zero-order valence-corrected chi connectivity index (χ0v) is 8.52. The Hall–Kier alpha value is -0.720. The van der Waals surface area contributed by atoms with E-state index in [1.807, 2.05) is 6.92 Å². The fourth-order valence-electron chi connectivity index (χ4n) is 0.971. The quantitative estimate of drug-likeness (QED) is 0.435. The Labute approximate surface area is 76.1 Å². The van der Waals surface area contributed by atoms with E-state index in [9.17, 15) is 0 Å². The van der Waals surface area contributed by atoms with E-state index in [1.54, 1.807) is 0 Å². The molecule has 0 radical (unpaired) electrons. The molecular formula is C11H20O. The first-order valence-corrected chi connectivity index (χ1v) is 4.60. The maximum atomic E-state index is 5.25. The van der Waals surface area contributed by atoms with E-state index in [-0.39, 0.29) is 0 Å². The van der Waals surface area contributed by atoms with Crippen LogP contribution in [0, 0.1) is 5.92 Å². The normalized spacial score (nSPS) is 12.2. The zero-order valence-electron chi connectivity index (χ0n) is 8.52. The minimum absolute atomic E-state index is 0.571. The molecule has 0 rings (SSSR count). The Kier molecular flexibility index (Phi) is 5.52. The highest BCUT2D eigenvalue weighted by Crippen LogP contribution is 2.19. The van der Waals surface area contributed by atoms with Crippen molar-refractivity contribution in [3.8, 4) is 0 Å². The van der Waals surface area contributed by atoms with E-state index in [0.717, 1.165) is 18.6 Å². The molecule has 1 atom stereocenters. The van der Waals surface area contributed by atoms with Crippen molar-refractivity contribution >= 4 is 0 Å². The lowest BCUT2D eigenvalue weighted by atomic mass is 9.97. The van der Waals surface area contributed by atoms with Gasteiger partial charge in [0.25, 0.3) is 0 Å². The van der Waals surface area contributed by atoms with Gasteiger partial charge in [0, 0.05) is 6.42 Å². The first kappa shape index (κ1) is 11.3. The van der Waals surface area contributed by atoms with E-state index < -0.39 is 0 Å². The van der Waals surface area contributed by atoms with Gasteiger partial charge < -0.3 is 4.74 Å². The molecule has 0 aliphatic rings. The molecule has 1 unspecified atom stereocenters. The number of rotatable bonds is 6. The van der Waals surface area contributed by atoms with Crippen molar-refractivity contribution in [2.45, 2.75) is 33.6 Å². The second kappa shape index (κ2) is 5.87. The Balaban J connectivity index is 3.76. The summed E-state index contributed by atoms with van der Waals surface area (Å²) < 4.78 is 5.25. The van der Waals surface area contributed by atoms with Gasteiger partial charge in [0.05, 0.1) is 12.4 Å². The third-order valence-electron chi connectivity index (χ3n) is 2.08. The van der Waals surface area contributed by atoms with Crippen LogP contribution in [0.4, 0.5) is 0 Å². The first-order chi connectivity index (χ1) is 5.61. The van der Waals surface area contributed by atoms with Gasteiger partial charge in [-0.15, -0.1) is 0 Å². The molecule has 0 saturated heterocycles.